The Kier molecular flexibility index (Phi) is 3.66. The van der Waals surface area contributed by atoms with Crippen LogP contribution in [0.3, 0.4) is 0 Å². The maximum absolute atomic E-state index is 13.3. The number of hydrogen-bond donors (Lipinski definition) is 0. The van der Waals surface area contributed by atoms with Crippen LogP contribution in [-0.2, 0) is 9.53 Å². The summed E-state index contributed by atoms with van der Waals surface area (Å²) < 4.78 is 17.8. The largest absolute Gasteiger partial charge is 0.469 e. The molecule has 0 aromatic carbocycles. The Morgan fingerprint density at radius 2 is 2.38 bits per heavy atom. The number of nitrogens with zero attached hydrogens (tertiary/aromatic N) is 1. The molecule has 2 atom stereocenters. The first-order valence-corrected chi connectivity index (χ1v) is 4.53. The van der Waals surface area contributed by atoms with Gasteiger partial charge in [0.1, 0.15) is 6.17 Å². The van der Waals surface area contributed by atoms with Crippen LogP contribution < -0.4 is 0 Å². The number of alkyl halides is 1. The molecule has 0 aromatic heterocycles. The molecule has 0 aromatic rings. The second-order valence-electron chi connectivity index (χ2n) is 3.61. The average Bonchev–Trinajstić information content (AvgIpc) is 2.11. The maximum Gasteiger partial charge on any atom is 0.305 e. The van der Waals surface area contributed by atoms with E-state index < -0.39 is 6.17 Å². The van der Waals surface area contributed by atoms with E-state index >= 15 is 0 Å². The molecule has 1 fully saturated rings. The highest BCUT2D eigenvalue weighted by Gasteiger charge is 2.29. The molecular weight excluding hydrogens is 173 g/mol. The van der Waals surface area contributed by atoms with Crippen molar-refractivity contribution < 1.29 is 13.9 Å². The Morgan fingerprint density at radius 1 is 1.69 bits per heavy atom. The van der Waals surface area contributed by atoms with Crippen LogP contribution >= 0.6 is 0 Å². The number of likely N-dealkylation sites (tertiary alicyclic amines) is 1. The fraction of sp³-hybridized carbons (Fsp3) is 0.889. The normalized spacial score (nSPS) is 30.1. The van der Waals surface area contributed by atoms with Crippen molar-refractivity contribution in [3.05, 3.63) is 0 Å². The second-order valence-corrected chi connectivity index (χ2v) is 3.61. The van der Waals surface area contributed by atoms with Gasteiger partial charge in [0.25, 0.3) is 0 Å². The van der Waals surface area contributed by atoms with Gasteiger partial charge in [0, 0.05) is 19.0 Å². The van der Waals surface area contributed by atoms with Crippen molar-refractivity contribution in [2.75, 3.05) is 27.2 Å². The van der Waals surface area contributed by atoms with Gasteiger partial charge in [0.2, 0.25) is 0 Å². The number of carbonyl (C=O) groups is 1. The quantitative estimate of drug-likeness (QED) is 0.603. The first-order valence-electron chi connectivity index (χ1n) is 4.53. The minimum absolute atomic E-state index is 0.189. The number of methoxy groups -OCH3 is 1. The smallest absolute Gasteiger partial charge is 0.305 e. The number of piperidine rings is 1. The summed E-state index contributed by atoms with van der Waals surface area (Å²) in [5.41, 5.74) is 0. The van der Waals surface area contributed by atoms with E-state index in [-0.39, 0.29) is 18.3 Å². The number of carbonyl (C=O) groups excluding carboxylic acids is 1. The molecule has 1 heterocycles. The first-order chi connectivity index (χ1) is 6.13. The fourth-order valence-electron chi connectivity index (χ4n) is 1.68. The first kappa shape index (κ1) is 10.4. The molecule has 0 aliphatic carbocycles. The van der Waals surface area contributed by atoms with Gasteiger partial charge >= 0.3 is 5.97 Å². The molecule has 0 N–H and O–H groups in total. The van der Waals surface area contributed by atoms with Crippen molar-refractivity contribution in [1.82, 2.24) is 4.90 Å². The Labute approximate surface area is 77.9 Å². The molecule has 13 heavy (non-hydrogen) atoms. The Balaban J connectivity index is 2.41. The molecule has 76 valence electrons. The van der Waals surface area contributed by atoms with Crippen LogP contribution in [0, 0.1) is 5.92 Å². The van der Waals surface area contributed by atoms with Gasteiger partial charge in [-0.15, -0.1) is 0 Å². The van der Waals surface area contributed by atoms with E-state index in [1.807, 2.05) is 11.9 Å². The second kappa shape index (κ2) is 4.56. The lowest BCUT2D eigenvalue weighted by Crippen LogP contribution is -2.40. The molecule has 3 nitrogen and oxygen atoms in total. The monoisotopic (exact) mass is 189 g/mol. The Morgan fingerprint density at radius 3 is 3.00 bits per heavy atom. The van der Waals surface area contributed by atoms with E-state index in [1.165, 1.54) is 7.11 Å². The summed E-state index contributed by atoms with van der Waals surface area (Å²) >= 11 is 0. The Hall–Kier alpha value is -0.640. The lowest BCUT2D eigenvalue weighted by atomic mass is 9.93. The molecular formula is C9H16FNO2. The van der Waals surface area contributed by atoms with Gasteiger partial charge in [0.05, 0.1) is 13.5 Å². The number of ether oxygens (including phenoxy) is 1. The molecule has 0 amide bonds. The van der Waals surface area contributed by atoms with Crippen molar-refractivity contribution in [2.45, 2.75) is 19.0 Å². The zero-order valence-electron chi connectivity index (χ0n) is 8.12. The summed E-state index contributed by atoms with van der Waals surface area (Å²) in [6.45, 7) is 1.43. The van der Waals surface area contributed by atoms with Gasteiger partial charge in [-0.1, -0.05) is 0 Å². The molecule has 0 spiro atoms. The molecule has 1 saturated heterocycles. The molecule has 0 radical (unpaired) electrons. The zero-order valence-corrected chi connectivity index (χ0v) is 8.12. The van der Waals surface area contributed by atoms with E-state index in [9.17, 15) is 9.18 Å². The summed E-state index contributed by atoms with van der Waals surface area (Å²) in [6, 6.07) is 0. The zero-order chi connectivity index (χ0) is 9.84. The third-order valence-corrected chi connectivity index (χ3v) is 2.50. The summed E-state index contributed by atoms with van der Waals surface area (Å²) in [6.07, 6.45) is -0.129. The fourth-order valence-corrected chi connectivity index (χ4v) is 1.68. The van der Waals surface area contributed by atoms with Crippen molar-refractivity contribution in [3.8, 4) is 0 Å². The molecule has 0 bridgehead atoms. The highest BCUT2D eigenvalue weighted by Crippen LogP contribution is 2.22. The average molecular weight is 189 g/mol. The standard InChI is InChI=1S/C9H16FNO2/c1-11-4-3-8(10)7(6-11)5-9(12)13-2/h7-8H,3-6H2,1-2H3/t7-,8-/m1/s1. The van der Waals surface area contributed by atoms with Crippen LogP contribution in [-0.4, -0.2) is 44.3 Å². The summed E-state index contributed by atoms with van der Waals surface area (Å²) in [5.74, 6) is -0.505. The third-order valence-electron chi connectivity index (χ3n) is 2.50. The summed E-state index contributed by atoms with van der Waals surface area (Å²) in [7, 11) is 3.28. The minimum Gasteiger partial charge on any atom is -0.469 e. The molecule has 1 aliphatic rings. The van der Waals surface area contributed by atoms with Crippen LogP contribution in [0.15, 0.2) is 0 Å². The van der Waals surface area contributed by atoms with Crippen molar-refractivity contribution in [3.63, 3.8) is 0 Å². The maximum atomic E-state index is 13.3. The molecule has 0 unspecified atom stereocenters. The predicted octanol–water partition coefficient (Wildman–Crippen LogP) is 0.839. The van der Waals surface area contributed by atoms with Crippen LogP contribution in [0.1, 0.15) is 12.8 Å². The van der Waals surface area contributed by atoms with Gasteiger partial charge in [-0.2, -0.15) is 0 Å². The topological polar surface area (TPSA) is 29.5 Å². The minimum atomic E-state index is -0.852. The molecule has 1 rings (SSSR count). The molecule has 1 aliphatic heterocycles. The van der Waals surface area contributed by atoms with Gasteiger partial charge in [-0.05, 0) is 13.5 Å². The van der Waals surface area contributed by atoms with Crippen LogP contribution in [0.25, 0.3) is 0 Å². The van der Waals surface area contributed by atoms with Gasteiger partial charge < -0.3 is 9.64 Å². The predicted molar refractivity (Wildman–Crippen MR) is 47.1 cm³/mol. The van der Waals surface area contributed by atoms with Crippen molar-refractivity contribution >= 4 is 5.97 Å². The van der Waals surface area contributed by atoms with E-state index in [4.69, 9.17) is 0 Å². The lowest BCUT2D eigenvalue weighted by molar-refractivity contribution is -0.142. The van der Waals surface area contributed by atoms with Gasteiger partial charge in [-0.25, -0.2) is 4.39 Å². The summed E-state index contributed by atoms with van der Waals surface area (Å²) in [4.78, 5) is 13.0. The van der Waals surface area contributed by atoms with E-state index in [0.717, 1.165) is 6.54 Å². The highest BCUT2D eigenvalue weighted by atomic mass is 19.1. The van der Waals surface area contributed by atoms with Gasteiger partial charge in [-0.3, -0.25) is 4.79 Å². The van der Waals surface area contributed by atoms with Crippen LogP contribution in [0.5, 0.6) is 0 Å². The van der Waals surface area contributed by atoms with Crippen LogP contribution in [0.4, 0.5) is 4.39 Å². The molecule has 0 saturated carbocycles. The lowest BCUT2D eigenvalue weighted by Gasteiger charge is -2.31. The Bertz CT molecular complexity index is 186. The summed E-state index contributed by atoms with van der Waals surface area (Å²) in [5, 5.41) is 0. The number of rotatable bonds is 2. The molecule has 4 heteroatoms. The number of halogens is 1. The van der Waals surface area contributed by atoms with Gasteiger partial charge in [0.15, 0.2) is 0 Å². The van der Waals surface area contributed by atoms with E-state index in [2.05, 4.69) is 4.74 Å². The highest BCUT2D eigenvalue weighted by molar-refractivity contribution is 5.69. The van der Waals surface area contributed by atoms with E-state index in [1.54, 1.807) is 0 Å². The van der Waals surface area contributed by atoms with Crippen molar-refractivity contribution in [2.24, 2.45) is 5.92 Å². The van der Waals surface area contributed by atoms with E-state index in [0.29, 0.717) is 13.0 Å². The number of esters is 1. The van der Waals surface area contributed by atoms with Crippen molar-refractivity contribution in [1.29, 1.82) is 0 Å². The van der Waals surface area contributed by atoms with Crippen LogP contribution in [0.2, 0.25) is 0 Å². The third kappa shape index (κ3) is 2.95. The number of hydrogen-bond acceptors (Lipinski definition) is 3. The SMILES string of the molecule is COC(=O)C[C@@H]1CN(C)CC[C@H]1F.